The van der Waals surface area contributed by atoms with Gasteiger partial charge in [-0.05, 0) is 35.4 Å². The minimum Gasteiger partial charge on any atom is -0.491 e. The van der Waals surface area contributed by atoms with Gasteiger partial charge in [0, 0.05) is 31.8 Å². The van der Waals surface area contributed by atoms with Crippen LogP contribution >= 0.6 is 0 Å². The molecule has 7 nitrogen and oxygen atoms in total. The van der Waals surface area contributed by atoms with E-state index in [1.54, 1.807) is 12.1 Å². The topological polar surface area (TPSA) is 85.1 Å². The van der Waals surface area contributed by atoms with Crippen LogP contribution in [0.4, 0.5) is 5.69 Å². The van der Waals surface area contributed by atoms with E-state index in [0.29, 0.717) is 25.5 Å². The fourth-order valence-electron chi connectivity index (χ4n) is 2.85. The Kier molecular flexibility index (Phi) is 6.17. The highest BCUT2D eigenvalue weighted by molar-refractivity contribution is 5.65. The number of nitrogens with zero attached hydrogens (tertiary/aromatic N) is 2. The van der Waals surface area contributed by atoms with Crippen molar-refractivity contribution in [2.24, 2.45) is 0 Å². The molecule has 1 atom stereocenters. The summed E-state index contributed by atoms with van der Waals surface area (Å²) in [6, 6.07) is 13.9. The highest BCUT2D eigenvalue weighted by Gasteiger charge is 2.15. The van der Waals surface area contributed by atoms with E-state index < -0.39 is 11.0 Å². The first kappa shape index (κ1) is 18.3. The van der Waals surface area contributed by atoms with Crippen molar-refractivity contribution >= 4 is 5.69 Å². The summed E-state index contributed by atoms with van der Waals surface area (Å²) in [5.41, 5.74) is 1.92. The molecule has 0 spiro atoms. The molecular weight excluding hydrogens is 336 g/mol. The molecule has 0 bridgehead atoms. The molecule has 1 aliphatic heterocycles. The van der Waals surface area contributed by atoms with Crippen LogP contribution in [-0.2, 0) is 4.74 Å². The number of hydrogen-bond donors (Lipinski definition) is 1. The molecule has 2 aromatic rings. The molecule has 2 aromatic carbocycles. The molecule has 1 aliphatic rings. The van der Waals surface area contributed by atoms with Crippen LogP contribution in [-0.4, -0.2) is 60.5 Å². The van der Waals surface area contributed by atoms with E-state index in [4.69, 9.17) is 9.47 Å². The van der Waals surface area contributed by atoms with Gasteiger partial charge in [0.05, 0.1) is 18.1 Å². The molecule has 1 N–H and O–H groups in total. The van der Waals surface area contributed by atoms with Gasteiger partial charge >= 0.3 is 0 Å². The number of aliphatic hydroxyl groups is 1. The number of hydrogen-bond acceptors (Lipinski definition) is 6. The minimum atomic E-state index is -0.553. The summed E-state index contributed by atoms with van der Waals surface area (Å²) in [6.07, 6.45) is -0.553. The maximum absolute atomic E-state index is 10.7. The first-order chi connectivity index (χ1) is 12.6. The molecule has 138 valence electrons. The maximum atomic E-state index is 10.7. The lowest BCUT2D eigenvalue weighted by atomic mass is 10.1. The van der Waals surface area contributed by atoms with Crippen LogP contribution in [0.3, 0.4) is 0 Å². The second-order valence-electron chi connectivity index (χ2n) is 6.21. The van der Waals surface area contributed by atoms with Crippen LogP contribution in [0.2, 0.25) is 0 Å². The summed E-state index contributed by atoms with van der Waals surface area (Å²) in [7, 11) is 0. The molecule has 3 rings (SSSR count). The number of β-amino-alcohol motifs (C(OH)–C–C–N with tert-alkyl or cyclic N) is 1. The smallest absolute Gasteiger partial charge is 0.269 e. The van der Waals surface area contributed by atoms with Crippen molar-refractivity contribution in [1.29, 1.82) is 0 Å². The SMILES string of the molecule is O=[N+]([O-])c1ccc(-c2ccc(OCC(O)CN3CCOCC3)cc2)cc1. The molecule has 0 aromatic heterocycles. The monoisotopic (exact) mass is 358 g/mol. The molecule has 0 saturated carbocycles. The Balaban J connectivity index is 1.51. The predicted octanol–water partition coefficient (Wildman–Crippen LogP) is 2.33. The molecule has 1 fully saturated rings. The lowest BCUT2D eigenvalue weighted by Crippen LogP contribution is -2.42. The molecule has 0 radical (unpaired) electrons. The van der Waals surface area contributed by atoms with Crippen LogP contribution in [0.5, 0.6) is 5.75 Å². The number of non-ortho nitro benzene ring substituents is 1. The third-order valence-electron chi connectivity index (χ3n) is 4.28. The molecule has 26 heavy (non-hydrogen) atoms. The highest BCUT2D eigenvalue weighted by atomic mass is 16.6. The van der Waals surface area contributed by atoms with E-state index in [1.165, 1.54) is 12.1 Å². The average molecular weight is 358 g/mol. The van der Waals surface area contributed by atoms with Crippen molar-refractivity contribution in [2.45, 2.75) is 6.10 Å². The molecule has 1 heterocycles. The van der Waals surface area contributed by atoms with Gasteiger partial charge in [-0.3, -0.25) is 15.0 Å². The number of aliphatic hydroxyl groups excluding tert-OH is 1. The van der Waals surface area contributed by atoms with E-state index in [-0.39, 0.29) is 12.3 Å². The third-order valence-corrected chi connectivity index (χ3v) is 4.28. The Hall–Kier alpha value is -2.48. The number of nitro benzene ring substituents is 1. The quantitative estimate of drug-likeness (QED) is 0.604. The van der Waals surface area contributed by atoms with E-state index >= 15 is 0 Å². The Labute approximate surface area is 151 Å². The van der Waals surface area contributed by atoms with E-state index in [0.717, 1.165) is 24.2 Å². The van der Waals surface area contributed by atoms with Gasteiger partial charge in [-0.1, -0.05) is 12.1 Å². The van der Waals surface area contributed by atoms with Gasteiger partial charge in [-0.15, -0.1) is 0 Å². The fraction of sp³-hybridized carbons (Fsp3) is 0.368. The lowest BCUT2D eigenvalue weighted by Gasteiger charge is -2.28. The predicted molar refractivity (Wildman–Crippen MR) is 97.3 cm³/mol. The molecule has 1 saturated heterocycles. The van der Waals surface area contributed by atoms with E-state index in [9.17, 15) is 15.2 Å². The summed E-state index contributed by atoms with van der Waals surface area (Å²) in [4.78, 5) is 12.5. The maximum Gasteiger partial charge on any atom is 0.269 e. The van der Waals surface area contributed by atoms with Crippen molar-refractivity contribution in [3.05, 3.63) is 58.6 Å². The van der Waals surface area contributed by atoms with Gasteiger partial charge in [0.1, 0.15) is 18.5 Å². The Bertz CT molecular complexity index is 712. The van der Waals surface area contributed by atoms with Gasteiger partial charge in [0.15, 0.2) is 0 Å². The van der Waals surface area contributed by atoms with Gasteiger partial charge < -0.3 is 14.6 Å². The molecule has 7 heteroatoms. The number of benzene rings is 2. The number of nitro groups is 1. The zero-order valence-corrected chi connectivity index (χ0v) is 14.4. The van der Waals surface area contributed by atoms with Gasteiger partial charge in [0.2, 0.25) is 0 Å². The van der Waals surface area contributed by atoms with Crippen LogP contribution in [0.25, 0.3) is 11.1 Å². The standard InChI is InChI=1S/C19H22N2O5/c22-18(13-20-9-11-25-12-10-20)14-26-19-7-3-16(4-8-19)15-1-5-17(6-2-15)21(23)24/h1-8,18,22H,9-14H2. The second-order valence-corrected chi connectivity index (χ2v) is 6.21. The van der Waals surface area contributed by atoms with Crippen molar-refractivity contribution < 1.29 is 19.5 Å². The second kappa shape index (κ2) is 8.75. The van der Waals surface area contributed by atoms with Crippen LogP contribution < -0.4 is 4.74 Å². The van der Waals surface area contributed by atoms with Gasteiger partial charge in [0.25, 0.3) is 5.69 Å². The van der Waals surface area contributed by atoms with Gasteiger partial charge in [-0.2, -0.15) is 0 Å². The number of morpholine rings is 1. The summed E-state index contributed by atoms with van der Waals surface area (Å²) in [5, 5.41) is 20.8. The summed E-state index contributed by atoms with van der Waals surface area (Å²) < 4.78 is 10.9. The Morgan fingerprint density at radius 2 is 1.65 bits per heavy atom. The molecular formula is C19H22N2O5. The molecule has 0 aliphatic carbocycles. The molecule has 1 unspecified atom stereocenters. The largest absolute Gasteiger partial charge is 0.491 e. The first-order valence-electron chi connectivity index (χ1n) is 8.58. The van der Waals surface area contributed by atoms with Crippen molar-refractivity contribution in [3.63, 3.8) is 0 Å². The number of rotatable bonds is 7. The summed E-state index contributed by atoms with van der Waals surface area (Å²) in [6.45, 7) is 3.88. The minimum absolute atomic E-state index is 0.0722. The van der Waals surface area contributed by atoms with Crippen LogP contribution in [0.1, 0.15) is 0 Å². The number of ether oxygens (including phenoxy) is 2. The van der Waals surface area contributed by atoms with E-state index in [1.807, 2.05) is 24.3 Å². The Morgan fingerprint density at radius 1 is 1.08 bits per heavy atom. The summed E-state index contributed by atoms with van der Waals surface area (Å²) in [5.74, 6) is 0.677. The summed E-state index contributed by atoms with van der Waals surface area (Å²) >= 11 is 0. The van der Waals surface area contributed by atoms with E-state index in [2.05, 4.69) is 4.90 Å². The zero-order valence-electron chi connectivity index (χ0n) is 14.4. The van der Waals surface area contributed by atoms with Crippen molar-refractivity contribution in [3.8, 4) is 16.9 Å². The zero-order chi connectivity index (χ0) is 18.4. The molecule has 0 amide bonds. The van der Waals surface area contributed by atoms with Crippen molar-refractivity contribution in [1.82, 2.24) is 4.90 Å². The Morgan fingerprint density at radius 3 is 2.23 bits per heavy atom. The lowest BCUT2D eigenvalue weighted by molar-refractivity contribution is -0.384. The normalized spacial score (nSPS) is 16.2. The fourth-order valence-corrected chi connectivity index (χ4v) is 2.85. The first-order valence-corrected chi connectivity index (χ1v) is 8.58. The van der Waals surface area contributed by atoms with Gasteiger partial charge in [-0.25, -0.2) is 0 Å². The third kappa shape index (κ3) is 5.01. The van der Waals surface area contributed by atoms with Crippen LogP contribution in [0, 0.1) is 10.1 Å². The average Bonchev–Trinajstić information content (AvgIpc) is 2.68. The highest BCUT2D eigenvalue weighted by Crippen LogP contribution is 2.24. The van der Waals surface area contributed by atoms with Crippen LogP contribution in [0.15, 0.2) is 48.5 Å². The van der Waals surface area contributed by atoms with Crippen molar-refractivity contribution in [2.75, 3.05) is 39.5 Å².